The first-order valence-corrected chi connectivity index (χ1v) is 10.7. The lowest BCUT2D eigenvalue weighted by molar-refractivity contribution is 0.00347. The predicted octanol–water partition coefficient (Wildman–Crippen LogP) is 2.61. The number of fused-ring (bicyclic) bond motifs is 2. The molecule has 3 heterocycles. The van der Waals surface area contributed by atoms with Crippen LogP contribution in [0.4, 0.5) is 5.82 Å². The van der Waals surface area contributed by atoms with Crippen LogP contribution in [0.5, 0.6) is 0 Å². The number of hydrogen-bond acceptors (Lipinski definition) is 4. The molecule has 2 unspecified atom stereocenters. The van der Waals surface area contributed by atoms with E-state index in [1.165, 1.54) is 0 Å². The van der Waals surface area contributed by atoms with Crippen molar-refractivity contribution in [3.63, 3.8) is 0 Å². The third-order valence-corrected chi connectivity index (χ3v) is 6.47. The molecule has 1 aromatic heterocycles. The van der Waals surface area contributed by atoms with E-state index in [4.69, 9.17) is 0 Å². The number of hydrogen-bond donors (Lipinski definition) is 1. The third kappa shape index (κ3) is 3.28. The lowest BCUT2D eigenvalue weighted by atomic mass is 9.85. The van der Waals surface area contributed by atoms with Crippen molar-refractivity contribution in [3.05, 3.63) is 47.7 Å². The van der Waals surface area contributed by atoms with Gasteiger partial charge in [0, 0.05) is 37.8 Å². The number of rotatable bonds is 2. The smallest absolute Gasteiger partial charge is 0.274 e. The van der Waals surface area contributed by atoms with Crippen LogP contribution >= 0.6 is 0 Å². The van der Waals surface area contributed by atoms with Crippen LogP contribution in [0.2, 0.25) is 0 Å². The average Bonchev–Trinajstić information content (AvgIpc) is 3.22. The molecule has 1 N–H and O–H groups in total. The number of benzene rings is 1. The highest BCUT2D eigenvalue weighted by molar-refractivity contribution is 5.96. The topological polar surface area (TPSA) is 70.5 Å². The molecule has 1 aliphatic carbocycles. The molecule has 3 aliphatic rings. The summed E-state index contributed by atoms with van der Waals surface area (Å²) in [6.45, 7) is 2.91. The van der Waals surface area contributed by atoms with Crippen molar-refractivity contribution in [1.29, 1.82) is 0 Å². The summed E-state index contributed by atoms with van der Waals surface area (Å²) < 4.78 is 1.89. The van der Waals surface area contributed by atoms with Crippen LogP contribution < -0.4 is 5.32 Å². The molecule has 2 fully saturated rings. The summed E-state index contributed by atoms with van der Waals surface area (Å²) in [7, 11) is 0. The second kappa shape index (κ2) is 7.54. The van der Waals surface area contributed by atoms with Crippen LogP contribution in [0.1, 0.15) is 53.0 Å². The van der Waals surface area contributed by atoms with Gasteiger partial charge in [-0.2, -0.15) is 5.10 Å². The van der Waals surface area contributed by atoms with Gasteiger partial charge in [-0.15, -0.1) is 0 Å². The van der Waals surface area contributed by atoms with Crippen LogP contribution in [0.3, 0.4) is 0 Å². The molecular weight excluding hydrogens is 366 g/mol. The highest BCUT2D eigenvalue weighted by Gasteiger charge is 2.42. The van der Waals surface area contributed by atoms with Crippen molar-refractivity contribution in [1.82, 2.24) is 19.6 Å². The minimum atomic E-state index is -0.00240. The van der Waals surface area contributed by atoms with Crippen LogP contribution in [-0.4, -0.2) is 63.1 Å². The molecule has 0 radical (unpaired) electrons. The van der Waals surface area contributed by atoms with Gasteiger partial charge in [0.05, 0.1) is 12.1 Å². The minimum Gasteiger partial charge on any atom is -0.370 e. The summed E-state index contributed by atoms with van der Waals surface area (Å²) in [6.07, 6.45) is 5.12. The number of piperazine rings is 1. The average molecular weight is 393 g/mol. The molecule has 1 aromatic carbocycles. The number of amides is 2. The lowest BCUT2D eigenvalue weighted by Crippen LogP contribution is -2.63. The Morgan fingerprint density at radius 1 is 0.897 bits per heavy atom. The maximum absolute atomic E-state index is 13.3. The second-order valence-corrected chi connectivity index (χ2v) is 8.20. The minimum absolute atomic E-state index is 0.00240. The maximum Gasteiger partial charge on any atom is 0.274 e. The van der Waals surface area contributed by atoms with Gasteiger partial charge in [-0.3, -0.25) is 9.59 Å². The Morgan fingerprint density at radius 2 is 1.59 bits per heavy atom. The molecule has 1 saturated carbocycles. The van der Waals surface area contributed by atoms with Gasteiger partial charge in [-0.1, -0.05) is 31.0 Å². The zero-order chi connectivity index (χ0) is 19.8. The van der Waals surface area contributed by atoms with Gasteiger partial charge in [0.15, 0.2) is 5.69 Å². The van der Waals surface area contributed by atoms with Gasteiger partial charge >= 0.3 is 0 Å². The van der Waals surface area contributed by atoms with Crippen molar-refractivity contribution < 1.29 is 9.59 Å². The molecule has 152 valence electrons. The summed E-state index contributed by atoms with van der Waals surface area (Å²) in [5, 5.41) is 7.86. The van der Waals surface area contributed by atoms with E-state index >= 15 is 0 Å². The van der Waals surface area contributed by atoms with Gasteiger partial charge in [0.1, 0.15) is 5.82 Å². The number of carbonyl (C=O) groups is 2. The van der Waals surface area contributed by atoms with Gasteiger partial charge in [-0.25, -0.2) is 4.68 Å². The Bertz CT molecular complexity index is 886. The summed E-state index contributed by atoms with van der Waals surface area (Å²) >= 11 is 0. The van der Waals surface area contributed by atoms with Gasteiger partial charge < -0.3 is 15.1 Å². The van der Waals surface area contributed by atoms with Crippen molar-refractivity contribution in [2.75, 3.05) is 25.0 Å². The summed E-state index contributed by atoms with van der Waals surface area (Å²) in [5.74, 6) is 1.01. The Balaban J connectivity index is 1.38. The molecule has 1 saturated heterocycles. The fourth-order valence-corrected chi connectivity index (χ4v) is 5.04. The third-order valence-electron chi connectivity index (χ3n) is 6.47. The molecular formula is C22H27N5O2. The first-order valence-electron chi connectivity index (χ1n) is 10.7. The van der Waals surface area contributed by atoms with Gasteiger partial charge in [0.25, 0.3) is 11.8 Å². The summed E-state index contributed by atoms with van der Waals surface area (Å²) in [5.41, 5.74) is 1.24. The maximum atomic E-state index is 13.3. The highest BCUT2D eigenvalue weighted by Crippen LogP contribution is 2.32. The summed E-state index contributed by atoms with van der Waals surface area (Å²) in [4.78, 5) is 30.5. The number of carbonyl (C=O) groups excluding carboxylic acids is 2. The first-order chi connectivity index (χ1) is 14.2. The fourth-order valence-electron chi connectivity index (χ4n) is 5.04. The van der Waals surface area contributed by atoms with Crippen molar-refractivity contribution >= 4 is 17.6 Å². The Hall–Kier alpha value is -2.83. The van der Waals surface area contributed by atoms with Crippen LogP contribution in [0, 0.1) is 0 Å². The normalized spacial score (nSPS) is 23.7. The molecule has 0 bridgehead atoms. The number of aromatic nitrogens is 2. The van der Waals surface area contributed by atoms with Gasteiger partial charge in [-0.05, 0) is 31.4 Å². The number of nitrogens with zero attached hydrogens (tertiary/aromatic N) is 4. The van der Waals surface area contributed by atoms with E-state index < -0.39 is 0 Å². The monoisotopic (exact) mass is 393 g/mol. The SMILES string of the molecule is O=C(c1ccccc1)N1CCN(C(=O)c2cc3n(n2)CCCN3)C2CCCCC21. The van der Waals surface area contributed by atoms with E-state index in [2.05, 4.69) is 10.4 Å². The van der Waals surface area contributed by atoms with Crippen molar-refractivity contribution in [2.45, 2.75) is 50.7 Å². The second-order valence-electron chi connectivity index (χ2n) is 8.20. The van der Waals surface area contributed by atoms with E-state index in [-0.39, 0.29) is 23.9 Å². The van der Waals surface area contributed by atoms with E-state index in [1.54, 1.807) is 0 Å². The predicted molar refractivity (Wildman–Crippen MR) is 110 cm³/mol. The molecule has 2 aromatic rings. The molecule has 2 atom stereocenters. The molecule has 2 amide bonds. The molecule has 5 rings (SSSR count). The molecule has 7 heteroatoms. The van der Waals surface area contributed by atoms with Crippen molar-refractivity contribution in [3.8, 4) is 0 Å². The standard InChI is InChI=1S/C22H27N5O2/c28-21(16-7-2-1-3-8-16)25-13-14-26(19-10-5-4-9-18(19)25)22(29)17-15-20-23-11-6-12-27(20)24-17/h1-3,7-8,15,18-19,23H,4-6,9-14H2. The Morgan fingerprint density at radius 3 is 2.28 bits per heavy atom. The van der Waals surface area contributed by atoms with Gasteiger partial charge in [0.2, 0.25) is 0 Å². The number of anilines is 1. The van der Waals surface area contributed by atoms with E-state index in [0.29, 0.717) is 18.8 Å². The van der Waals surface area contributed by atoms with Crippen LogP contribution in [0.15, 0.2) is 36.4 Å². The summed E-state index contributed by atoms with van der Waals surface area (Å²) in [6, 6.07) is 11.5. The van der Waals surface area contributed by atoms with Crippen molar-refractivity contribution in [2.24, 2.45) is 0 Å². The Kier molecular flexibility index (Phi) is 4.73. The number of nitrogens with one attached hydrogen (secondary N) is 1. The fraction of sp³-hybridized carbons (Fsp3) is 0.500. The number of aryl methyl sites for hydroxylation is 1. The first kappa shape index (κ1) is 18.2. The van der Waals surface area contributed by atoms with Crippen LogP contribution in [0.25, 0.3) is 0 Å². The largest absolute Gasteiger partial charge is 0.370 e. The highest BCUT2D eigenvalue weighted by atomic mass is 16.2. The quantitative estimate of drug-likeness (QED) is 0.852. The van der Waals surface area contributed by atoms with Crippen LogP contribution in [-0.2, 0) is 6.54 Å². The molecule has 0 spiro atoms. The van der Waals surface area contributed by atoms with E-state index in [1.807, 2.05) is 50.9 Å². The van der Waals surface area contributed by atoms with E-state index in [9.17, 15) is 9.59 Å². The lowest BCUT2D eigenvalue weighted by Gasteiger charge is -2.49. The zero-order valence-corrected chi connectivity index (χ0v) is 16.6. The molecule has 7 nitrogen and oxygen atoms in total. The zero-order valence-electron chi connectivity index (χ0n) is 16.6. The van der Waals surface area contributed by atoms with E-state index in [0.717, 1.165) is 56.6 Å². The molecule has 29 heavy (non-hydrogen) atoms. The Labute approximate surface area is 170 Å². The molecule has 2 aliphatic heterocycles.